The van der Waals surface area contributed by atoms with Crippen LogP contribution in [0.4, 0.5) is 0 Å². The van der Waals surface area contributed by atoms with Gasteiger partial charge >= 0.3 is 0 Å². The average molecular weight is 278 g/mol. The topological polar surface area (TPSA) is 149 Å². The molecule has 20 heavy (non-hydrogen) atoms. The maximum Gasteiger partial charge on any atom is 0.276 e. The molecule has 0 bridgehead atoms. The number of hydrogen-bond donors (Lipinski definition) is 4. The third-order valence-electron chi connectivity index (χ3n) is 2.46. The highest BCUT2D eigenvalue weighted by atomic mass is 16.1. The lowest BCUT2D eigenvalue weighted by atomic mass is 10.7. The minimum absolute atomic E-state index is 0.192. The van der Waals surface area contributed by atoms with E-state index in [1.807, 2.05) is 0 Å². The van der Waals surface area contributed by atoms with Gasteiger partial charge in [-0.25, -0.2) is 19.9 Å². The number of fused-ring (bicyclic) bond motifs is 2. The Morgan fingerprint density at radius 1 is 0.600 bits per heavy atom. The van der Waals surface area contributed by atoms with E-state index in [0.717, 1.165) is 0 Å². The predicted octanol–water partition coefficient (Wildman–Crippen LogP) is -0.708. The summed E-state index contributed by atoms with van der Waals surface area (Å²) < 4.78 is 0. The molecule has 0 radical (unpaired) electrons. The first-order valence-electron chi connectivity index (χ1n) is 5.49. The second-order valence-corrected chi connectivity index (χ2v) is 3.67. The minimum atomic E-state index is -0.192. The molecule has 0 aliphatic rings. The molecule has 0 atom stereocenters. The lowest BCUT2D eigenvalue weighted by molar-refractivity contribution is 1.15. The maximum atomic E-state index is 10.9. The Hall–Kier alpha value is -3.30. The lowest BCUT2D eigenvalue weighted by Crippen LogP contribution is -2.05. The third kappa shape index (κ3) is 2.05. The first-order chi connectivity index (χ1) is 9.75. The van der Waals surface area contributed by atoms with Crippen LogP contribution >= 0.6 is 0 Å². The summed E-state index contributed by atoms with van der Waals surface area (Å²) in [5, 5.41) is 0. The molecular formula is C10H8N8O2. The second kappa shape index (κ2) is 4.76. The van der Waals surface area contributed by atoms with E-state index in [2.05, 4.69) is 39.9 Å². The van der Waals surface area contributed by atoms with E-state index in [4.69, 9.17) is 0 Å². The van der Waals surface area contributed by atoms with Crippen LogP contribution in [-0.2, 0) is 0 Å². The van der Waals surface area contributed by atoms with E-state index in [1.54, 1.807) is 0 Å². The quantitative estimate of drug-likeness (QED) is 0.334. The molecule has 100 valence electrons. The van der Waals surface area contributed by atoms with Crippen LogP contribution in [0.3, 0.4) is 0 Å². The Labute approximate surface area is 109 Å². The standard InChI is InChI=1S/2C5H4N4O/c2*10-5-3-4(7-1-6-3)8-2-9-5/h2*1-2H,(H2,6,7,8,9,10)/i2+1,4+1,6+1;1+1,4+1,6+1. The van der Waals surface area contributed by atoms with Crippen LogP contribution in [0.25, 0.3) is 22.3 Å². The van der Waals surface area contributed by atoms with E-state index in [-0.39, 0.29) is 11.1 Å². The van der Waals surface area contributed by atoms with Gasteiger partial charge in [0.2, 0.25) is 0 Å². The van der Waals surface area contributed by atoms with Gasteiger partial charge in [0.15, 0.2) is 22.3 Å². The largest absolute Gasteiger partial charge is 0.339 e. The van der Waals surface area contributed by atoms with Gasteiger partial charge in [-0.05, 0) is 0 Å². The zero-order valence-corrected chi connectivity index (χ0v) is 9.91. The van der Waals surface area contributed by atoms with Gasteiger partial charge in [-0.1, -0.05) is 0 Å². The summed E-state index contributed by atoms with van der Waals surface area (Å²) in [6.07, 6.45) is 5.52. The molecule has 0 aliphatic heterocycles. The van der Waals surface area contributed by atoms with Crippen molar-refractivity contribution in [2.45, 2.75) is 0 Å². The van der Waals surface area contributed by atoms with Crippen LogP contribution in [0.15, 0.2) is 34.9 Å². The molecule has 0 amide bonds. The smallest absolute Gasteiger partial charge is 0.276 e. The molecule has 4 rings (SSSR count). The molecule has 0 aromatic carbocycles. The molecule has 10 heteroatoms. The fourth-order valence-electron chi connectivity index (χ4n) is 1.55. The van der Waals surface area contributed by atoms with Crippen LogP contribution in [0.1, 0.15) is 0 Å². The fourth-order valence-corrected chi connectivity index (χ4v) is 1.55. The molecular weight excluding hydrogens is 270 g/mol. The zero-order valence-electron chi connectivity index (χ0n) is 9.91. The molecule has 0 fully saturated rings. The van der Waals surface area contributed by atoms with Gasteiger partial charge in [-0.15, -0.1) is 0 Å². The van der Waals surface area contributed by atoms with Crippen molar-refractivity contribution in [1.29, 1.82) is 0 Å². The highest BCUT2D eigenvalue weighted by Crippen LogP contribution is 1.94. The number of hydrogen-bond acceptors (Lipinski definition) is 6. The van der Waals surface area contributed by atoms with Crippen molar-refractivity contribution >= 4 is 22.3 Å². The van der Waals surface area contributed by atoms with Gasteiger partial charge in [0.05, 0.1) is 25.3 Å². The van der Waals surface area contributed by atoms with Crippen molar-refractivity contribution < 1.29 is 0 Å². The van der Waals surface area contributed by atoms with E-state index < -0.39 is 0 Å². The van der Waals surface area contributed by atoms with Gasteiger partial charge in [-0.2, -0.15) is 0 Å². The van der Waals surface area contributed by atoms with Crippen molar-refractivity contribution in [2.24, 2.45) is 0 Å². The van der Waals surface area contributed by atoms with Crippen molar-refractivity contribution in [3.8, 4) is 0 Å². The van der Waals surface area contributed by atoms with Crippen molar-refractivity contribution in [1.82, 2.24) is 39.9 Å². The Morgan fingerprint density at radius 2 is 0.950 bits per heavy atom. The highest BCUT2D eigenvalue weighted by Gasteiger charge is 1.98. The average Bonchev–Trinajstić information content (AvgIpc) is 3.08. The molecule has 4 N–H and O–H groups in total. The fraction of sp³-hybridized carbons (Fsp3) is 0. The van der Waals surface area contributed by atoms with Gasteiger partial charge in [0.25, 0.3) is 11.1 Å². The van der Waals surface area contributed by atoms with E-state index in [1.165, 1.54) is 25.3 Å². The van der Waals surface area contributed by atoms with E-state index in [0.29, 0.717) is 22.3 Å². The summed E-state index contributed by atoms with van der Waals surface area (Å²) in [6.45, 7) is 0. The normalized spacial score (nSPS) is 10.4. The number of aromatic nitrogens is 8. The van der Waals surface area contributed by atoms with Gasteiger partial charge in [0, 0.05) is 0 Å². The Balaban J connectivity index is 0.000000121. The van der Waals surface area contributed by atoms with Crippen LogP contribution in [0.2, 0.25) is 0 Å². The summed E-state index contributed by atoms with van der Waals surface area (Å²) in [4.78, 5) is 47.1. The molecule has 10 nitrogen and oxygen atoms in total. The Morgan fingerprint density at radius 3 is 1.30 bits per heavy atom. The molecule has 4 aromatic rings. The van der Waals surface area contributed by atoms with Crippen molar-refractivity contribution in [2.75, 3.05) is 0 Å². The Kier molecular flexibility index (Phi) is 2.80. The number of imidazole rings is 2. The van der Waals surface area contributed by atoms with E-state index in [9.17, 15) is 9.59 Å². The SMILES string of the molecule is O=c1[nH][13cH]n[13c]2nc[15nH]c12.O=c1[nH]cn[13c]2n[13cH][15nH]c12. The first kappa shape index (κ1) is 11.8. The van der Waals surface area contributed by atoms with Crippen LogP contribution < -0.4 is 11.1 Å². The lowest BCUT2D eigenvalue weighted by Gasteiger charge is -1.81. The second-order valence-electron chi connectivity index (χ2n) is 3.67. The first-order valence-corrected chi connectivity index (χ1v) is 5.49. The molecule has 0 saturated carbocycles. The summed E-state index contributed by atoms with van der Waals surface area (Å²) in [5.74, 6) is 0. The van der Waals surface area contributed by atoms with Crippen LogP contribution in [0.5, 0.6) is 0 Å². The minimum Gasteiger partial charge on any atom is -0.339 e. The molecule has 4 heterocycles. The summed E-state index contributed by atoms with van der Waals surface area (Å²) in [7, 11) is 0. The van der Waals surface area contributed by atoms with Crippen LogP contribution in [-0.4, -0.2) is 39.9 Å². The van der Waals surface area contributed by atoms with Gasteiger partial charge in [-0.3, -0.25) is 9.59 Å². The molecule has 4 aromatic heterocycles. The number of nitrogens with zero attached hydrogens (tertiary/aromatic N) is 4. The number of nitrogens with one attached hydrogen (secondary N) is 4. The number of aromatic amines is 4. The van der Waals surface area contributed by atoms with Gasteiger partial charge in [0.1, 0.15) is 0 Å². The molecule has 0 unspecified atom stereocenters. The highest BCUT2D eigenvalue weighted by molar-refractivity contribution is 5.67. The summed E-state index contributed by atoms with van der Waals surface area (Å²) in [6, 6.07) is 0. The summed E-state index contributed by atoms with van der Waals surface area (Å²) >= 11 is 0. The van der Waals surface area contributed by atoms with Gasteiger partial charge < -0.3 is 19.9 Å². The summed E-state index contributed by atoms with van der Waals surface area (Å²) in [5.41, 5.74) is 1.35. The van der Waals surface area contributed by atoms with Crippen molar-refractivity contribution in [3.63, 3.8) is 0 Å². The molecule has 0 aliphatic carbocycles. The zero-order chi connectivity index (χ0) is 13.9. The monoisotopic (exact) mass is 278 g/mol. The maximum absolute atomic E-state index is 10.9. The predicted molar refractivity (Wildman–Crippen MR) is 69.0 cm³/mol. The van der Waals surface area contributed by atoms with Crippen molar-refractivity contribution in [3.05, 3.63) is 46.0 Å². The third-order valence-corrected chi connectivity index (χ3v) is 2.46. The number of H-pyrrole nitrogens is 4. The van der Waals surface area contributed by atoms with E-state index >= 15 is 0 Å². The molecule has 0 saturated heterocycles. The Bertz CT molecular complexity index is 882. The molecule has 0 spiro atoms. The number of rotatable bonds is 0. The van der Waals surface area contributed by atoms with Crippen LogP contribution in [0, 0.1) is 0 Å².